The van der Waals surface area contributed by atoms with Gasteiger partial charge in [0.25, 0.3) is 5.91 Å². The zero-order valence-electron chi connectivity index (χ0n) is 9.80. The number of aromatic nitrogens is 2. The van der Waals surface area contributed by atoms with Crippen LogP contribution in [-0.4, -0.2) is 15.9 Å². The molecule has 1 atom stereocenters. The lowest BCUT2D eigenvalue weighted by atomic mass is 9.93. The van der Waals surface area contributed by atoms with Gasteiger partial charge >= 0.3 is 0 Å². The fourth-order valence-electron chi connectivity index (χ4n) is 2.28. The first-order valence-electron chi connectivity index (χ1n) is 5.98. The Balaban J connectivity index is 1.77. The van der Waals surface area contributed by atoms with E-state index in [9.17, 15) is 4.79 Å². The maximum Gasteiger partial charge on any atom is 0.271 e. The normalized spacial score (nSPS) is 18.1. The van der Waals surface area contributed by atoms with Crippen molar-refractivity contribution in [1.82, 2.24) is 15.3 Å². The molecule has 0 saturated heterocycles. The molecule has 92 valence electrons. The molecule has 0 spiro atoms. The number of aryl methyl sites for hydroxylation is 1. The Bertz CT molecular complexity index is 550. The fraction of sp³-hybridized carbons (Fsp3) is 0.308. The van der Waals surface area contributed by atoms with E-state index in [1.165, 1.54) is 12.4 Å². The van der Waals surface area contributed by atoms with Gasteiger partial charge in [0.15, 0.2) is 0 Å². The number of rotatable bonds is 2. The molecule has 2 heterocycles. The molecule has 3 rings (SSSR count). The molecule has 1 amide bonds. The summed E-state index contributed by atoms with van der Waals surface area (Å²) in [5.74, 6) is 0.785. The first-order chi connectivity index (χ1) is 8.84. The molecule has 0 aliphatic heterocycles. The molecular weight excluding hydrogens is 230 g/mol. The summed E-state index contributed by atoms with van der Waals surface area (Å²) in [5, 5.41) is 2.98. The summed E-state index contributed by atoms with van der Waals surface area (Å²) in [6.45, 7) is 0. The number of furan rings is 1. The van der Waals surface area contributed by atoms with E-state index >= 15 is 0 Å². The maximum atomic E-state index is 12.0. The Kier molecular flexibility index (Phi) is 2.80. The van der Waals surface area contributed by atoms with Gasteiger partial charge in [0.1, 0.15) is 11.5 Å². The number of carbonyl (C=O) groups excluding carboxylic acids is 1. The molecule has 0 saturated carbocycles. The SMILES string of the molecule is O=C(N[C@@H]1CCCc2occc21)c1cnccn1. The standard InChI is InChI=1S/C13H13N3O2/c17-13(11-8-14-5-6-15-11)16-10-2-1-3-12-9(10)4-7-18-12/h4-8,10H,1-3H2,(H,16,17)/t10-/m1/s1. The van der Waals surface area contributed by atoms with Crippen molar-refractivity contribution in [1.29, 1.82) is 0 Å². The zero-order valence-corrected chi connectivity index (χ0v) is 9.80. The first-order valence-corrected chi connectivity index (χ1v) is 5.98. The molecular formula is C13H13N3O2. The van der Waals surface area contributed by atoms with Gasteiger partial charge in [0.2, 0.25) is 0 Å². The largest absolute Gasteiger partial charge is 0.469 e. The average Bonchev–Trinajstić information content (AvgIpc) is 2.89. The number of nitrogens with one attached hydrogen (secondary N) is 1. The monoisotopic (exact) mass is 243 g/mol. The molecule has 0 bridgehead atoms. The summed E-state index contributed by atoms with van der Waals surface area (Å²) in [6.07, 6.45) is 9.10. The third-order valence-electron chi connectivity index (χ3n) is 3.15. The van der Waals surface area contributed by atoms with Gasteiger partial charge in [-0.3, -0.25) is 9.78 Å². The highest BCUT2D eigenvalue weighted by molar-refractivity contribution is 5.92. The number of carbonyl (C=O) groups is 1. The number of fused-ring (bicyclic) bond motifs is 1. The number of amides is 1. The van der Waals surface area contributed by atoms with Crippen molar-refractivity contribution < 1.29 is 9.21 Å². The van der Waals surface area contributed by atoms with Crippen LogP contribution in [0.25, 0.3) is 0 Å². The highest BCUT2D eigenvalue weighted by atomic mass is 16.3. The van der Waals surface area contributed by atoms with E-state index in [1.807, 2.05) is 6.07 Å². The molecule has 2 aromatic heterocycles. The zero-order chi connectivity index (χ0) is 12.4. The Morgan fingerprint density at radius 1 is 1.44 bits per heavy atom. The Hall–Kier alpha value is -2.17. The summed E-state index contributed by atoms with van der Waals surface area (Å²) in [5.41, 5.74) is 1.42. The van der Waals surface area contributed by atoms with Gasteiger partial charge in [-0.2, -0.15) is 0 Å². The Morgan fingerprint density at radius 3 is 3.22 bits per heavy atom. The van der Waals surface area contributed by atoms with Gasteiger partial charge in [0.05, 0.1) is 18.5 Å². The van der Waals surface area contributed by atoms with Crippen LogP contribution in [0.2, 0.25) is 0 Å². The van der Waals surface area contributed by atoms with Crippen LogP contribution in [0.5, 0.6) is 0 Å². The maximum absolute atomic E-state index is 12.0. The van der Waals surface area contributed by atoms with Gasteiger partial charge in [-0.15, -0.1) is 0 Å². The van der Waals surface area contributed by atoms with Crippen molar-refractivity contribution in [3.05, 3.63) is 47.9 Å². The van der Waals surface area contributed by atoms with Crippen molar-refractivity contribution in [2.24, 2.45) is 0 Å². The van der Waals surface area contributed by atoms with Crippen LogP contribution in [0.1, 0.15) is 40.7 Å². The lowest BCUT2D eigenvalue weighted by Crippen LogP contribution is -2.31. The molecule has 0 unspecified atom stereocenters. The lowest BCUT2D eigenvalue weighted by Gasteiger charge is -2.22. The van der Waals surface area contributed by atoms with E-state index in [0.717, 1.165) is 30.6 Å². The molecule has 1 aliphatic rings. The van der Waals surface area contributed by atoms with E-state index in [0.29, 0.717) is 5.69 Å². The topological polar surface area (TPSA) is 68.0 Å². The van der Waals surface area contributed by atoms with Crippen molar-refractivity contribution in [3.63, 3.8) is 0 Å². The molecule has 1 N–H and O–H groups in total. The highest BCUT2D eigenvalue weighted by Crippen LogP contribution is 2.30. The van der Waals surface area contributed by atoms with Crippen LogP contribution in [0.4, 0.5) is 0 Å². The summed E-state index contributed by atoms with van der Waals surface area (Å²) in [7, 11) is 0. The van der Waals surface area contributed by atoms with Gasteiger partial charge in [-0.05, 0) is 18.9 Å². The first kappa shape index (κ1) is 11.0. The second kappa shape index (κ2) is 4.60. The summed E-state index contributed by atoms with van der Waals surface area (Å²) < 4.78 is 5.39. The number of hydrogen-bond acceptors (Lipinski definition) is 4. The van der Waals surface area contributed by atoms with Gasteiger partial charge < -0.3 is 9.73 Å². The van der Waals surface area contributed by atoms with Crippen LogP contribution in [0.3, 0.4) is 0 Å². The fourth-order valence-corrected chi connectivity index (χ4v) is 2.28. The van der Waals surface area contributed by atoms with Crippen molar-refractivity contribution in [2.45, 2.75) is 25.3 Å². The van der Waals surface area contributed by atoms with Crippen molar-refractivity contribution >= 4 is 5.91 Å². The smallest absolute Gasteiger partial charge is 0.271 e. The second-order valence-corrected chi connectivity index (χ2v) is 4.31. The molecule has 0 fully saturated rings. The highest BCUT2D eigenvalue weighted by Gasteiger charge is 2.24. The molecule has 0 radical (unpaired) electrons. The summed E-state index contributed by atoms with van der Waals surface area (Å²) in [4.78, 5) is 19.9. The van der Waals surface area contributed by atoms with Gasteiger partial charge in [-0.25, -0.2) is 4.98 Å². The van der Waals surface area contributed by atoms with Crippen LogP contribution < -0.4 is 5.32 Å². The number of hydrogen-bond donors (Lipinski definition) is 1. The summed E-state index contributed by atoms with van der Waals surface area (Å²) in [6, 6.07) is 1.94. The molecule has 0 aromatic carbocycles. The number of nitrogens with zero attached hydrogens (tertiary/aromatic N) is 2. The second-order valence-electron chi connectivity index (χ2n) is 4.31. The van der Waals surface area contributed by atoms with E-state index < -0.39 is 0 Å². The van der Waals surface area contributed by atoms with Crippen LogP contribution in [0, 0.1) is 0 Å². The quantitative estimate of drug-likeness (QED) is 0.874. The molecule has 1 aliphatic carbocycles. The third-order valence-corrected chi connectivity index (χ3v) is 3.15. The molecule has 5 heteroatoms. The minimum atomic E-state index is -0.192. The molecule has 5 nitrogen and oxygen atoms in total. The van der Waals surface area contributed by atoms with Crippen molar-refractivity contribution in [2.75, 3.05) is 0 Å². The van der Waals surface area contributed by atoms with Crippen LogP contribution in [0.15, 0.2) is 35.3 Å². The predicted molar refractivity (Wildman–Crippen MR) is 63.9 cm³/mol. The van der Waals surface area contributed by atoms with Gasteiger partial charge in [-0.1, -0.05) is 0 Å². The predicted octanol–water partition coefficient (Wildman–Crippen LogP) is 1.88. The minimum Gasteiger partial charge on any atom is -0.469 e. The Morgan fingerprint density at radius 2 is 2.39 bits per heavy atom. The van der Waals surface area contributed by atoms with E-state index in [2.05, 4.69) is 15.3 Å². The molecule has 18 heavy (non-hydrogen) atoms. The average molecular weight is 243 g/mol. The van der Waals surface area contributed by atoms with Crippen LogP contribution >= 0.6 is 0 Å². The summed E-state index contributed by atoms with van der Waals surface area (Å²) >= 11 is 0. The van der Waals surface area contributed by atoms with E-state index in [-0.39, 0.29) is 11.9 Å². The van der Waals surface area contributed by atoms with Crippen LogP contribution in [-0.2, 0) is 6.42 Å². The van der Waals surface area contributed by atoms with Crippen molar-refractivity contribution in [3.8, 4) is 0 Å². The van der Waals surface area contributed by atoms with E-state index in [4.69, 9.17) is 4.42 Å². The van der Waals surface area contributed by atoms with Gasteiger partial charge in [0, 0.05) is 24.4 Å². The third kappa shape index (κ3) is 1.99. The lowest BCUT2D eigenvalue weighted by molar-refractivity contribution is 0.0926. The van der Waals surface area contributed by atoms with E-state index in [1.54, 1.807) is 12.5 Å². The minimum absolute atomic E-state index is 0.0157. The Labute approximate surface area is 104 Å². The molecule has 2 aromatic rings.